The van der Waals surface area contributed by atoms with Crippen molar-refractivity contribution >= 4 is 60.4 Å². The Bertz CT molecular complexity index is 3090. The van der Waals surface area contributed by atoms with E-state index in [4.69, 9.17) is 0 Å². The predicted octanol–water partition coefficient (Wildman–Crippen LogP) is 15.6. The van der Waals surface area contributed by atoms with Crippen LogP contribution in [0.15, 0.2) is 231 Å². The molecule has 0 saturated carbocycles. The second-order valence-electron chi connectivity index (χ2n) is 14.9. The number of nitrogens with zero attached hydrogens (tertiary/aromatic N) is 2. The minimum absolute atomic E-state index is 1.09. The molecule has 11 aromatic rings. The minimum Gasteiger partial charge on any atom is -0.310 e. The van der Waals surface area contributed by atoms with Crippen molar-refractivity contribution in [2.24, 2.45) is 0 Å². The summed E-state index contributed by atoms with van der Waals surface area (Å²) in [6.45, 7) is 0. The third-order valence-corrected chi connectivity index (χ3v) is 11.6. The Morgan fingerprint density at radius 1 is 0.276 bits per heavy atom. The molecule has 0 aliphatic carbocycles. The smallest absolute Gasteiger partial charge is 0.0541 e. The van der Waals surface area contributed by atoms with E-state index in [1.807, 2.05) is 0 Å². The standard InChI is InChI=1S/C56H38N2/c1-3-20-47-39(14-1)16-12-25-49(47)41-30-34-44(35-31-41)57(45-36-32-42(33-37-45)50-26-13-17-40-15-2-4-21-48(40)50)46-19-11-18-43(38-46)51-22-5-8-27-54(51)58-55-28-9-6-23-52(55)53-24-7-10-29-56(53)58/h1-38H. The van der Waals surface area contributed by atoms with E-state index >= 15 is 0 Å². The second-order valence-corrected chi connectivity index (χ2v) is 14.9. The lowest BCUT2D eigenvalue weighted by atomic mass is 9.97. The SMILES string of the molecule is c1cc(-c2ccccc2-n2c3ccccc3c3ccccc32)cc(N(c2ccc(-c3cccc4ccccc34)cc2)c2ccc(-c3cccc4ccccc34)cc2)c1. The number of para-hydroxylation sites is 3. The van der Waals surface area contributed by atoms with Crippen molar-refractivity contribution in [3.05, 3.63) is 231 Å². The molecule has 272 valence electrons. The molecule has 0 atom stereocenters. The number of aromatic nitrogens is 1. The molecular formula is C56H38N2. The molecule has 10 aromatic carbocycles. The summed E-state index contributed by atoms with van der Waals surface area (Å²) in [6.07, 6.45) is 0. The average Bonchev–Trinajstić information content (AvgIpc) is 3.64. The summed E-state index contributed by atoms with van der Waals surface area (Å²) in [5.41, 5.74) is 14.0. The lowest BCUT2D eigenvalue weighted by Crippen LogP contribution is -2.10. The van der Waals surface area contributed by atoms with Crippen molar-refractivity contribution in [1.29, 1.82) is 0 Å². The maximum Gasteiger partial charge on any atom is 0.0541 e. The van der Waals surface area contributed by atoms with Gasteiger partial charge in [-0.15, -0.1) is 0 Å². The Hall–Kier alpha value is -7.68. The van der Waals surface area contributed by atoms with Crippen LogP contribution < -0.4 is 4.90 Å². The van der Waals surface area contributed by atoms with Crippen molar-refractivity contribution in [1.82, 2.24) is 4.57 Å². The van der Waals surface area contributed by atoms with E-state index in [0.717, 1.165) is 28.3 Å². The molecule has 58 heavy (non-hydrogen) atoms. The van der Waals surface area contributed by atoms with Gasteiger partial charge in [0, 0.05) is 33.4 Å². The number of fused-ring (bicyclic) bond motifs is 5. The molecule has 0 radical (unpaired) electrons. The van der Waals surface area contributed by atoms with Gasteiger partial charge < -0.3 is 9.47 Å². The van der Waals surface area contributed by atoms with Crippen LogP contribution in [0.4, 0.5) is 17.1 Å². The zero-order valence-electron chi connectivity index (χ0n) is 31.8. The molecule has 0 bridgehead atoms. The fourth-order valence-corrected chi connectivity index (χ4v) is 8.89. The van der Waals surface area contributed by atoms with E-state index in [1.54, 1.807) is 0 Å². The largest absolute Gasteiger partial charge is 0.310 e. The van der Waals surface area contributed by atoms with Crippen LogP contribution in [0, 0.1) is 0 Å². The first-order chi connectivity index (χ1) is 28.8. The van der Waals surface area contributed by atoms with Gasteiger partial charge >= 0.3 is 0 Å². The Balaban J connectivity index is 1.05. The highest BCUT2D eigenvalue weighted by Gasteiger charge is 2.18. The zero-order valence-corrected chi connectivity index (χ0v) is 31.8. The maximum absolute atomic E-state index is 2.42. The fraction of sp³-hybridized carbons (Fsp3) is 0. The second kappa shape index (κ2) is 14.1. The van der Waals surface area contributed by atoms with Crippen LogP contribution in [0.5, 0.6) is 0 Å². The third-order valence-electron chi connectivity index (χ3n) is 11.6. The minimum atomic E-state index is 1.09. The number of rotatable bonds is 7. The third kappa shape index (κ3) is 5.74. The normalized spacial score (nSPS) is 11.4. The lowest BCUT2D eigenvalue weighted by Gasteiger charge is -2.27. The molecule has 0 saturated heterocycles. The molecule has 0 aliphatic heterocycles. The molecule has 0 aliphatic rings. The van der Waals surface area contributed by atoms with Crippen molar-refractivity contribution in [2.75, 3.05) is 4.90 Å². The van der Waals surface area contributed by atoms with Crippen LogP contribution in [-0.4, -0.2) is 4.57 Å². The Kier molecular flexibility index (Phi) is 8.19. The molecule has 0 N–H and O–H groups in total. The van der Waals surface area contributed by atoms with Crippen LogP contribution in [-0.2, 0) is 0 Å². The zero-order chi connectivity index (χ0) is 38.4. The van der Waals surface area contributed by atoms with Crippen LogP contribution in [0.25, 0.3) is 82.4 Å². The first-order valence-electron chi connectivity index (χ1n) is 19.9. The van der Waals surface area contributed by atoms with Gasteiger partial charge in [0.05, 0.1) is 16.7 Å². The van der Waals surface area contributed by atoms with Gasteiger partial charge in [-0.1, -0.05) is 176 Å². The molecule has 0 unspecified atom stereocenters. The van der Waals surface area contributed by atoms with Crippen molar-refractivity contribution in [3.63, 3.8) is 0 Å². The van der Waals surface area contributed by atoms with Crippen LogP contribution in [0.2, 0.25) is 0 Å². The topological polar surface area (TPSA) is 8.17 Å². The van der Waals surface area contributed by atoms with E-state index in [-0.39, 0.29) is 0 Å². The van der Waals surface area contributed by atoms with Gasteiger partial charge in [0.2, 0.25) is 0 Å². The van der Waals surface area contributed by atoms with Gasteiger partial charge in [0.1, 0.15) is 0 Å². The molecule has 11 rings (SSSR count). The Morgan fingerprint density at radius 3 is 1.28 bits per heavy atom. The monoisotopic (exact) mass is 738 g/mol. The van der Waals surface area contributed by atoms with Gasteiger partial charge in [-0.05, 0) is 104 Å². The molecular weight excluding hydrogens is 701 g/mol. The van der Waals surface area contributed by atoms with E-state index in [1.165, 1.54) is 71.2 Å². The van der Waals surface area contributed by atoms with E-state index < -0.39 is 0 Å². The molecule has 0 spiro atoms. The summed E-state index contributed by atoms with van der Waals surface area (Å²) >= 11 is 0. The first-order valence-corrected chi connectivity index (χ1v) is 19.9. The number of benzene rings is 10. The van der Waals surface area contributed by atoms with Crippen LogP contribution in [0.1, 0.15) is 0 Å². The van der Waals surface area contributed by atoms with Gasteiger partial charge in [-0.25, -0.2) is 0 Å². The van der Waals surface area contributed by atoms with Crippen LogP contribution >= 0.6 is 0 Å². The summed E-state index contributed by atoms with van der Waals surface area (Å²) in [7, 11) is 0. The molecule has 1 aromatic heterocycles. The van der Waals surface area contributed by atoms with E-state index in [2.05, 4.69) is 240 Å². The number of anilines is 3. The average molecular weight is 739 g/mol. The summed E-state index contributed by atoms with van der Waals surface area (Å²) < 4.78 is 2.42. The van der Waals surface area contributed by atoms with Gasteiger partial charge in [0.25, 0.3) is 0 Å². The first kappa shape index (κ1) is 33.6. The van der Waals surface area contributed by atoms with Gasteiger partial charge in [-0.2, -0.15) is 0 Å². The van der Waals surface area contributed by atoms with Crippen LogP contribution in [0.3, 0.4) is 0 Å². The summed E-state index contributed by atoms with van der Waals surface area (Å²) in [5, 5.41) is 7.52. The quantitative estimate of drug-likeness (QED) is 0.158. The van der Waals surface area contributed by atoms with Gasteiger partial charge in [0.15, 0.2) is 0 Å². The molecule has 1 heterocycles. The lowest BCUT2D eigenvalue weighted by molar-refractivity contribution is 1.18. The number of hydrogen-bond donors (Lipinski definition) is 0. The summed E-state index contributed by atoms with van der Waals surface area (Å²) in [4.78, 5) is 2.38. The summed E-state index contributed by atoms with van der Waals surface area (Å²) in [5.74, 6) is 0. The molecule has 2 heteroatoms. The molecule has 2 nitrogen and oxygen atoms in total. The fourth-order valence-electron chi connectivity index (χ4n) is 8.89. The summed E-state index contributed by atoms with van der Waals surface area (Å²) in [6, 6.07) is 83.7. The maximum atomic E-state index is 2.42. The highest BCUT2D eigenvalue weighted by molar-refractivity contribution is 6.10. The number of hydrogen-bond acceptors (Lipinski definition) is 1. The molecule has 0 fully saturated rings. The highest BCUT2D eigenvalue weighted by atomic mass is 15.1. The van der Waals surface area contributed by atoms with Gasteiger partial charge in [-0.3, -0.25) is 0 Å². The predicted molar refractivity (Wildman–Crippen MR) is 247 cm³/mol. The Labute approximate surface area is 338 Å². The highest BCUT2D eigenvalue weighted by Crippen LogP contribution is 2.41. The Morgan fingerprint density at radius 2 is 0.707 bits per heavy atom. The van der Waals surface area contributed by atoms with E-state index in [0.29, 0.717) is 0 Å². The van der Waals surface area contributed by atoms with Crippen molar-refractivity contribution < 1.29 is 0 Å². The van der Waals surface area contributed by atoms with Crippen molar-refractivity contribution in [2.45, 2.75) is 0 Å². The molecule has 0 amide bonds. The van der Waals surface area contributed by atoms with E-state index in [9.17, 15) is 0 Å². The van der Waals surface area contributed by atoms with Crippen molar-refractivity contribution in [3.8, 4) is 39.1 Å².